The van der Waals surface area contributed by atoms with Gasteiger partial charge in [0, 0.05) is 11.5 Å². The molecule has 1 aromatic rings. The number of hydrogen-bond acceptors (Lipinski definition) is 2. The van der Waals surface area contributed by atoms with Gasteiger partial charge in [-0.1, -0.05) is 25.1 Å². The summed E-state index contributed by atoms with van der Waals surface area (Å²) in [6, 6.07) is 7.69. The van der Waals surface area contributed by atoms with E-state index in [9.17, 15) is 4.79 Å². The number of rotatable bonds is 4. The van der Waals surface area contributed by atoms with Crippen LogP contribution in [0, 0.1) is 0 Å². The van der Waals surface area contributed by atoms with Crippen LogP contribution in [0.2, 0.25) is 0 Å². The van der Waals surface area contributed by atoms with Crippen molar-refractivity contribution in [1.82, 2.24) is 0 Å². The van der Waals surface area contributed by atoms with Crippen LogP contribution in [-0.4, -0.2) is 12.4 Å². The predicted molar refractivity (Wildman–Crippen MR) is 56.7 cm³/mol. The second-order valence-electron chi connectivity index (χ2n) is 3.30. The Kier molecular flexibility index (Phi) is 3.69. The van der Waals surface area contributed by atoms with E-state index < -0.39 is 0 Å². The third kappa shape index (κ3) is 2.34. The molecular weight excluding hydrogens is 176 g/mol. The van der Waals surface area contributed by atoms with Crippen molar-refractivity contribution in [2.75, 3.05) is 6.61 Å². The number of para-hydroxylation sites is 1. The van der Waals surface area contributed by atoms with Crippen LogP contribution in [-0.2, 0) is 4.79 Å². The van der Waals surface area contributed by atoms with Gasteiger partial charge in [-0.25, -0.2) is 0 Å². The van der Waals surface area contributed by atoms with Crippen molar-refractivity contribution in [2.45, 2.75) is 26.7 Å². The Bertz CT molecular complexity index is 318. The molecule has 0 heterocycles. The van der Waals surface area contributed by atoms with E-state index >= 15 is 0 Å². The lowest BCUT2D eigenvalue weighted by molar-refractivity contribution is -0.118. The lowest BCUT2D eigenvalue weighted by Gasteiger charge is -2.13. The molecule has 1 rings (SSSR count). The SMILES string of the molecule is CCOc1ccccc1C(C)C(C)=O. The largest absolute Gasteiger partial charge is 0.494 e. The Balaban J connectivity index is 3.00. The third-order valence-corrected chi connectivity index (χ3v) is 2.30. The Morgan fingerprint density at radius 3 is 2.64 bits per heavy atom. The van der Waals surface area contributed by atoms with E-state index in [2.05, 4.69) is 0 Å². The van der Waals surface area contributed by atoms with Gasteiger partial charge in [0.05, 0.1) is 6.61 Å². The van der Waals surface area contributed by atoms with E-state index in [1.54, 1.807) is 6.92 Å². The zero-order valence-corrected chi connectivity index (χ0v) is 8.91. The molecule has 0 N–H and O–H groups in total. The highest BCUT2D eigenvalue weighted by atomic mass is 16.5. The summed E-state index contributed by atoms with van der Waals surface area (Å²) < 4.78 is 5.46. The molecule has 1 unspecified atom stereocenters. The Morgan fingerprint density at radius 2 is 2.07 bits per heavy atom. The molecule has 0 radical (unpaired) electrons. The molecule has 0 aliphatic carbocycles. The minimum absolute atomic E-state index is 0.0854. The van der Waals surface area contributed by atoms with Crippen molar-refractivity contribution >= 4 is 5.78 Å². The molecule has 0 amide bonds. The summed E-state index contributed by atoms with van der Waals surface area (Å²) >= 11 is 0. The van der Waals surface area contributed by atoms with Crippen molar-refractivity contribution < 1.29 is 9.53 Å². The Morgan fingerprint density at radius 1 is 1.43 bits per heavy atom. The average molecular weight is 192 g/mol. The van der Waals surface area contributed by atoms with Crippen molar-refractivity contribution in [2.24, 2.45) is 0 Å². The third-order valence-electron chi connectivity index (χ3n) is 2.30. The van der Waals surface area contributed by atoms with Gasteiger partial charge in [0.15, 0.2) is 0 Å². The highest BCUT2D eigenvalue weighted by Crippen LogP contribution is 2.26. The van der Waals surface area contributed by atoms with Crippen molar-refractivity contribution in [3.8, 4) is 5.75 Å². The first-order valence-electron chi connectivity index (χ1n) is 4.89. The van der Waals surface area contributed by atoms with Gasteiger partial charge >= 0.3 is 0 Å². The molecular formula is C12H16O2. The maximum absolute atomic E-state index is 11.2. The Hall–Kier alpha value is -1.31. The van der Waals surface area contributed by atoms with Crippen molar-refractivity contribution in [3.63, 3.8) is 0 Å². The first kappa shape index (κ1) is 10.8. The van der Waals surface area contributed by atoms with Crippen LogP contribution in [0.3, 0.4) is 0 Å². The summed E-state index contributed by atoms with van der Waals surface area (Å²) in [7, 11) is 0. The molecule has 0 spiro atoms. The van der Waals surface area contributed by atoms with Crippen LogP contribution in [0.5, 0.6) is 5.75 Å². The molecule has 0 aliphatic heterocycles. The molecule has 0 bridgehead atoms. The van der Waals surface area contributed by atoms with Crippen LogP contribution >= 0.6 is 0 Å². The van der Waals surface area contributed by atoms with Crippen LogP contribution < -0.4 is 4.74 Å². The normalized spacial score (nSPS) is 12.2. The second kappa shape index (κ2) is 4.80. The van der Waals surface area contributed by atoms with Crippen LogP contribution in [0.15, 0.2) is 24.3 Å². The zero-order chi connectivity index (χ0) is 10.6. The number of ketones is 1. The second-order valence-corrected chi connectivity index (χ2v) is 3.30. The fourth-order valence-corrected chi connectivity index (χ4v) is 1.34. The summed E-state index contributed by atoms with van der Waals surface area (Å²) in [5.41, 5.74) is 0.974. The van der Waals surface area contributed by atoms with E-state index in [0.29, 0.717) is 6.61 Å². The van der Waals surface area contributed by atoms with E-state index in [1.807, 2.05) is 38.1 Å². The molecule has 0 saturated carbocycles. The molecule has 76 valence electrons. The molecule has 0 aromatic heterocycles. The fourth-order valence-electron chi connectivity index (χ4n) is 1.34. The van der Waals surface area contributed by atoms with Gasteiger partial charge in [0.1, 0.15) is 11.5 Å². The highest BCUT2D eigenvalue weighted by Gasteiger charge is 2.14. The minimum atomic E-state index is -0.0854. The standard InChI is InChI=1S/C12H16O2/c1-4-14-12-8-6-5-7-11(12)9(2)10(3)13/h5-9H,4H2,1-3H3. The van der Waals surface area contributed by atoms with Gasteiger partial charge in [0.2, 0.25) is 0 Å². The topological polar surface area (TPSA) is 26.3 Å². The van der Waals surface area contributed by atoms with E-state index in [1.165, 1.54) is 0 Å². The minimum Gasteiger partial charge on any atom is -0.494 e. The summed E-state index contributed by atoms with van der Waals surface area (Å²) in [5.74, 6) is 0.896. The lowest BCUT2D eigenvalue weighted by atomic mass is 9.97. The highest BCUT2D eigenvalue weighted by molar-refractivity contribution is 5.83. The van der Waals surface area contributed by atoms with Gasteiger partial charge in [-0.15, -0.1) is 0 Å². The van der Waals surface area contributed by atoms with Gasteiger partial charge in [-0.05, 0) is 19.9 Å². The average Bonchev–Trinajstić information content (AvgIpc) is 2.18. The molecule has 2 nitrogen and oxygen atoms in total. The molecule has 2 heteroatoms. The first-order chi connectivity index (χ1) is 6.66. The molecule has 14 heavy (non-hydrogen) atoms. The summed E-state index contributed by atoms with van der Waals surface area (Å²) in [4.78, 5) is 11.2. The van der Waals surface area contributed by atoms with Crippen molar-refractivity contribution in [1.29, 1.82) is 0 Å². The Labute approximate surface area is 84.9 Å². The number of Topliss-reactive ketones (excluding diaryl/α,β-unsaturated/α-hetero) is 1. The predicted octanol–water partition coefficient (Wildman–Crippen LogP) is 2.78. The molecule has 0 aliphatic rings. The quantitative estimate of drug-likeness (QED) is 0.733. The van der Waals surface area contributed by atoms with Gasteiger partial charge < -0.3 is 4.74 Å². The summed E-state index contributed by atoms with van der Waals surface area (Å²) in [6.07, 6.45) is 0. The number of hydrogen-bond donors (Lipinski definition) is 0. The van der Waals surface area contributed by atoms with E-state index in [-0.39, 0.29) is 11.7 Å². The molecule has 1 aromatic carbocycles. The van der Waals surface area contributed by atoms with Crippen molar-refractivity contribution in [3.05, 3.63) is 29.8 Å². The van der Waals surface area contributed by atoms with Gasteiger partial charge in [-0.3, -0.25) is 4.79 Å². The maximum Gasteiger partial charge on any atom is 0.137 e. The maximum atomic E-state index is 11.2. The first-order valence-corrected chi connectivity index (χ1v) is 4.89. The molecule has 1 atom stereocenters. The number of carbonyl (C=O) groups is 1. The van der Waals surface area contributed by atoms with Crippen LogP contribution in [0.4, 0.5) is 0 Å². The lowest BCUT2D eigenvalue weighted by Crippen LogP contribution is -2.06. The van der Waals surface area contributed by atoms with Crippen LogP contribution in [0.1, 0.15) is 32.3 Å². The fraction of sp³-hybridized carbons (Fsp3) is 0.417. The number of benzene rings is 1. The molecule has 0 saturated heterocycles. The van der Waals surface area contributed by atoms with E-state index in [0.717, 1.165) is 11.3 Å². The summed E-state index contributed by atoms with van der Waals surface area (Å²) in [5, 5.41) is 0. The summed E-state index contributed by atoms with van der Waals surface area (Å²) in [6.45, 7) is 6.07. The van der Waals surface area contributed by atoms with Gasteiger partial charge in [-0.2, -0.15) is 0 Å². The smallest absolute Gasteiger partial charge is 0.137 e. The number of ether oxygens (including phenoxy) is 1. The van der Waals surface area contributed by atoms with E-state index in [4.69, 9.17) is 4.74 Å². The molecule has 0 fully saturated rings. The zero-order valence-electron chi connectivity index (χ0n) is 8.91. The monoisotopic (exact) mass is 192 g/mol. The van der Waals surface area contributed by atoms with Gasteiger partial charge in [0.25, 0.3) is 0 Å². The van der Waals surface area contributed by atoms with Crippen LogP contribution in [0.25, 0.3) is 0 Å². The number of carbonyl (C=O) groups excluding carboxylic acids is 1.